The summed E-state index contributed by atoms with van der Waals surface area (Å²) >= 11 is 0. The molecule has 0 atom stereocenters. The van der Waals surface area contributed by atoms with E-state index in [1.807, 2.05) is 5.32 Å². The van der Waals surface area contributed by atoms with Crippen LogP contribution in [0.2, 0.25) is 0 Å². The van der Waals surface area contributed by atoms with Crippen LogP contribution in [0.5, 0.6) is 0 Å². The van der Waals surface area contributed by atoms with Gasteiger partial charge in [0.2, 0.25) is 0 Å². The molecule has 7 heteroatoms. The maximum atomic E-state index is 13.3. The fraction of sp³-hybridized carbons (Fsp3) is 0.364. The van der Waals surface area contributed by atoms with Crippen LogP contribution < -0.4 is 5.32 Å². The highest BCUT2D eigenvalue weighted by molar-refractivity contribution is 6.10. The molecule has 0 bridgehead atoms. The second-order valence-electron chi connectivity index (χ2n) is 3.44. The van der Waals surface area contributed by atoms with Gasteiger partial charge < -0.3 is 10.1 Å². The Morgan fingerprint density at radius 1 is 1.44 bits per heavy atom. The number of halogens is 2. The van der Waals surface area contributed by atoms with E-state index < -0.39 is 17.8 Å². The first-order chi connectivity index (χ1) is 8.37. The molecule has 0 aliphatic carbocycles. The van der Waals surface area contributed by atoms with Gasteiger partial charge in [0.05, 0.1) is 18.5 Å². The van der Waals surface area contributed by atoms with Crippen molar-refractivity contribution in [3.63, 3.8) is 0 Å². The summed E-state index contributed by atoms with van der Waals surface area (Å²) < 4.78 is 30.6. The number of amides is 1. The number of ether oxygens (including phenoxy) is 1. The zero-order chi connectivity index (χ0) is 13.8. The largest absolute Gasteiger partial charge is 0.461 e. The van der Waals surface area contributed by atoms with Crippen LogP contribution in [0.3, 0.4) is 0 Å². The summed E-state index contributed by atoms with van der Waals surface area (Å²) in [6.07, 6.45) is 1.22. The lowest BCUT2D eigenvalue weighted by molar-refractivity contribution is -0.175. The number of nitrogens with one attached hydrogen (secondary N) is 1. The standard InChI is InChI=1S/C11H12F2N2O3/c1-3-18-10(17)11(12,13)9(16)15-8-5-4-7(2)14-6-8/h4-6H,3H2,1-2H3,(H,15,16). The fourth-order valence-electron chi connectivity index (χ4n) is 1.07. The predicted molar refractivity (Wildman–Crippen MR) is 59.2 cm³/mol. The van der Waals surface area contributed by atoms with E-state index in [4.69, 9.17) is 0 Å². The number of aromatic nitrogens is 1. The molecule has 0 fully saturated rings. The van der Waals surface area contributed by atoms with Gasteiger partial charge in [0.25, 0.3) is 0 Å². The molecular weight excluding hydrogens is 246 g/mol. The number of rotatable bonds is 4. The Hall–Kier alpha value is -2.05. The molecule has 0 aromatic carbocycles. The number of carbonyl (C=O) groups excluding carboxylic acids is 2. The van der Waals surface area contributed by atoms with Crippen LogP contribution in [0.25, 0.3) is 0 Å². The summed E-state index contributed by atoms with van der Waals surface area (Å²) in [6.45, 7) is 2.85. The van der Waals surface area contributed by atoms with Crippen molar-refractivity contribution in [3.05, 3.63) is 24.0 Å². The van der Waals surface area contributed by atoms with Crippen molar-refractivity contribution in [1.82, 2.24) is 4.98 Å². The van der Waals surface area contributed by atoms with Gasteiger partial charge in [0, 0.05) is 5.69 Å². The molecule has 1 N–H and O–H groups in total. The van der Waals surface area contributed by atoms with E-state index in [0.717, 1.165) is 0 Å². The molecule has 0 spiro atoms. The maximum Gasteiger partial charge on any atom is 0.419 e. The van der Waals surface area contributed by atoms with Crippen molar-refractivity contribution >= 4 is 17.6 Å². The predicted octanol–water partition coefficient (Wildman–Crippen LogP) is 1.53. The van der Waals surface area contributed by atoms with E-state index in [1.165, 1.54) is 25.3 Å². The number of hydrogen-bond donors (Lipinski definition) is 1. The summed E-state index contributed by atoms with van der Waals surface area (Å²) in [7, 11) is 0. The van der Waals surface area contributed by atoms with Crippen molar-refractivity contribution < 1.29 is 23.1 Å². The van der Waals surface area contributed by atoms with Crippen molar-refractivity contribution in [1.29, 1.82) is 0 Å². The van der Waals surface area contributed by atoms with Crippen LogP contribution in [-0.2, 0) is 14.3 Å². The first kappa shape index (κ1) is 14.0. The number of esters is 1. The first-order valence-corrected chi connectivity index (χ1v) is 5.17. The van der Waals surface area contributed by atoms with Gasteiger partial charge in [-0.1, -0.05) is 0 Å². The lowest BCUT2D eigenvalue weighted by atomic mass is 10.3. The number of aryl methyl sites for hydroxylation is 1. The summed E-state index contributed by atoms with van der Waals surface area (Å²) in [6, 6.07) is 2.94. The van der Waals surface area contributed by atoms with Crippen LogP contribution in [0.1, 0.15) is 12.6 Å². The molecule has 0 saturated heterocycles. The molecule has 1 aromatic heterocycles. The molecule has 0 aliphatic heterocycles. The van der Waals surface area contributed by atoms with E-state index in [0.29, 0.717) is 5.69 Å². The van der Waals surface area contributed by atoms with Crippen LogP contribution >= 0.6 is 0 Å². The quantitative estimate of drug-likeness (QED) is 0.656. The number of hydrogen-bond acceptors (Lipinski definition) is 4. The third-order valence-electron chi connectivity index (χ3n) is 1.99. The summed E-state index contributed by atoms with van der Waals surface area (Å²) in [4.78, 5) is 26.0. The van der Waals surface area contributed by atoms with E-state index in [1.54, 1.807) is 6.92 Å². The Bertz CT molecular complexity index is 446. The third kappa shape index (κ3) is 3.22. The van der Waals surface area contributed by atoms with E-state index in [2.05, 4.69) is 9.72 Å². The average Bonchev–Trinajstić information content (AvgIpc) is 2.32. The number of pyridine rings is 1. The van der Waals surface area contributed by atoms with Crippen molar-refractivity contribution in [2.24, 2.45) is 0 Å². The molecule has 1 amide bonds. The number of carbonyl (C=O) groups is 2. The van der Waals surface area contributed by atoms with E-state index in [9.17, 15) is 18.4 Å². The average molecular weight is 258 g/mol. The minimum Gasteiger partial charge on any atom is -0.461 e. The zero-order valence-electron chi connectivity index (χ0n) is 9.87. The zero-order valence-corrected chi connectivity index (χ0v) is 9.87. The highest BCUT2D eigenvalue weighted by atomic mass is 19.3. The molecule has 98 valence electrons. The molecule has 0 radical (unpaired) electrons. The van der Waals surface area contributed by atoms with Gasteiger partial charge in [0.1, 0.15) is 0 Å². The molecule has 18 heavy (non-hydrogen) atoms. The Morgan fingerprint density at radius 2 is 2.11 bits per heavy atom. The summed E-state index contributed by atoms with van der Waals surface area (Å²) in [5, 5.41) is 1.90. The maximum absolute atomic E-state index is 13.3. The molecule has 0 saturated carbocycles. The Labute approximate surface area is 102 Å². The highest BCUT2D eigenvalue weighted by Crippen LogP contribution is 2.18. The second kappa shape index (κ2) is 5.52. The minimum atomic E-state index is -4.22. The number of nitrogens with zero attached hydrogens (tertiary/aromatic N) is 1. The van der Waals surface area contributed by atoms with Gasteiger partial charge >= 0.3 is 17.8 Å². The van der Waals surface area contributed by atoms with Gasteiger partial charge in [-0.25, -0.2) is 4.79 Å². The Balaban J connectivity index is 2.75. The van der Waals surface area contributed by atoms with Gasteiger partial charge in [0.15, 0.2) is 0 Å². The van der Waals surface area contributed by atoms with Crippen LogP contribution in [0, 0.1) is 6.92 Å². The highest BCUT2D eigenvalue weighted by Gasteiger charge is 2.49. The molecule has 0 aliphatic rings. The monoisotopic (exact) mass is 258 g/mol. The normalized spacial score (nSPS) is 10.9. The van der Waals surface area contributed by atoms with Crippen molar-refractivity contribution in [2.45, 2.75) is 19.8 Å². The molecule has 1 aromatic rings. The van der Waals surface area contributed by atoms with Gasteiger partial charge in [-0.05, 0) is 26.0 Å². The fourth-order valence-corrected chi connectivity index (χ4v) is 1.07. The molecule has 1 rings (SSSR count). The Kier molecular flexibility index (Phi) is 4.30. The molecular formula is C11H12F2N2O3. The van der Waals surface area contributed by atoms with Crippen molar-refractivity contribution in [3.8, 4) is 0 Å². The summed E-state index contributed by atoms with van der Waals surface area (Å²) in [5.41, 5.74) is 0.750. The number of anilines is 1. The summed E-state index contributed by atoms with van der Waals surface area (Å²) in [5.74, 6) is -7.84. The first-order valence-electron chi connectivity index (χ1n) is 5.17. The van der Waals surface area contributed by atoms with E-state index >= 15 is 0 Å². The van der Waals surface area contributed by atoms with Crippen LogP contribution in [-0.4, -0.2) is 29.4 Å². The molecule has 5 nitrogen and oxygen atoms in total. The lowest BCUT2D eigenvalue weighted by Gasteiger charge is -2.14. The SMILES string of the molecule is CCOC(=O)C(F)(F)C(=O)Nc1ccc(C)nc1. The smallest absolute Gasteiger partial charge is 0.419 e. The van der Waals surface area contributed by atoms with Crippen molar-refractivity contribution in [2.75, 3.05) is 11.9 Å². The van der Waals surface area contributed by atoms with Gasteiger partial charge in [-0.3, -0.25) is 9.78 Å². The van der Waals surface area contributed by atoms with E-state index in [-0.39, 0.29) is 12.3 Å². The van der Waals surface area contributed by atoms with Crippen LogP contribution in [0.4, 0.5) is 14.5 Å². The number of alkyl halides is 2. The van der Waals surface area contributed by atoms with Crippen LogP contribution in [0.15, 0.2) is 18.3 Å². The minimum absolute atomic E-state index is 0.0783. The van der Waals surface area contributed by atoms with Gasteiger partial charge in [-0.2, -0.15) is 8.78 Å². The van der Waals surface area contributed by atoms with Gasteiger partial charge in [-0.15, -0.1) is 0 Å². The second-order valence-corrected chi connectivity index (χ2v) is 3.44. The third-order valence-corrected chi connectivity index (χ3v) is 1.99. The Morgan fingerprint density at radius 3 is 2.61 bits per heavy atom. The molecule has 1 heterocycles. The molecule has 0 unspecified atom stereocenters. The topological polar surface area (TPSA) is 68.3 Å². The lowest BCUT2D eigenvalue weighted by Crippen LogP contribution is -2.43.